The van der Waals surface area contributed by atoms with Crippen LogP contribution in [0.1, 0.15) is 86.9 Å². The highest BCUT2D eigenvalue weighted by molar-refractivity contribution is 5.97. The van der Waals surface area contributed by atoms with E-state index in [4.69, 9.17) is 9.47 Å². The van der Waals surface area contributed by atoms with Crippen LogP contribution in [-0.4, -0.2) is 71.1 Å². The number of fused-ring (bicyclic) bond motifs is 1. The van der Waals surface area contributed by atoms with Crippen LogP contribution in [0.5, 0.6) is 11.5 Å². The fourth-order valence-corrected chi connectivity index (χ4v) is 8.69. The number of aromatic nitrogens is 1. The molecule has 3 heterocycles. The Morgan fingerprint density at radius 3 is 2.30 bits per heavy atom. The monoisotopic (exact) mass is 719 g/mol. The van der Waals surface area contributed by atoms with Gasteiger partial charge in [0, 0.05) is 69.2 Å². The van der Waals surface area contributed by atoms with E-state index in [0.29, 0.717) is 6.54 Å². The van der Waals surface area contributed by atoms with Gasteiger partial charge in [-0.05, 0) is 84.4 Å². The Kier molecular flexibility index (Phi) is 10.7. The molecule has 1 saturated heterocycles. The van der Waals surface area contributed by atoms with Gasteiger partial charge in [-0.15, -0.1) is 0 Å². The van der Waals surface area contributed by atoms with Crippen LogP contribution in [0.2, 0.25) is 0 Å². The van der Waals surface area contributed by atoms with Crippen molar-refractivity contribution in [3.05, 3.63) is 91.9 Å². The van der Waals surface area contributed by atoms with Gasteiger partial charge in [0.1, 0.15) is 23.1 Å². The molecule has 9 heteroatoms. The third kappa shape index (κ3) is 7.54. The zero-order chi connectivity index (χ0) is 38.4. The van der Waals surface area contributed by atoms with Gasteiger partial charge in [0.05, 0.1) is 25.8 Å². The van der Waals surface area contributed by atoms with Crippen molar-refractivity contribution < 1.29 is 14.3 Å². The van der Waals surface area contributed by atoms with Crippen molar-refractivity contribution in [2.75, 3.05) is 40.4 Å². The van der Waals surface area contributed by atoms with Crippen molar-refractivity contribution in [2.24, 2.45) is 18.4 Å². The van der Waals surface area contributed by atoms with Crippen molar-refractivity contribution in [3.63, 3.8) is 0 Å². The number of hydrogen-bond acceptors (Lipinski definition) is 7. The summed E-state index contributed by atoms with van der Waals surface area (Å²) >= 11 is 0. The van der Waals surface area contributed by atoms with Gasteiger partial charge in [-0.3, -0.25) is 19.4 Å². The molecule has 2 aliphatic heterocycles. The number of rotatable bonds is 9. The first kappa shape index (κ1) is 38.3. The van der Waals surface area contributed by atoms with Gasteiger partial charge in [-0.2, -0.15) is 5.26 Å². The van der Waals surface area contributed by atoms with Gasteiger partial charge >= 0.3 is 0 Å². The van der Waals surface area contributed by atoms with Crippen molar-refractivity contribution in [1.82, 2.24) is 19.3 Å². The number of carbonyl (C=O) groups excluding carboxylic acids is 1. The molecule has 3 aliphatic rings. The van der Waals surface area contributed by atoms with Crippen molar-refractivity contribution in [2.45, 2.75) is 92.4 Å². The van der Waals surface area contributed by atoms with E-state index in [-0.39, 0.29) is 40.0 Å². The second-order valence-electron chi connectivity index (χ2n) is 16.9. The lowest BCUT2D eigenvalue weighted by Crippen LogP contribution is -2.54. The molecule has 2 fully saturated rings. The quantitative estimate of drug-likeness (QED) is 0.172. The third-order valence-corrected chi connectivity index (χ3v) is 11.7. The molecule has 9 nitrogen and oxygen atoms in total. The normalized spacial score (nSPS) is 18.9. The molecule has 282 valence electrons. The van der Waals surface area contributed by atoms with Crippen LogP contribution in [0, 0.1) is 36.5 Å². The molecule has 6 rings (SSSR count). The van der Waals surface area contributed by atoms with Gasteiger partial charge in [-0.1, -0.05) is 58.9 Å². The zero-order valence-corrected chi connectivity index (χ0v) is 33.4. The van der Waals surface area contributed by atoms with Gasteiger partial charge in [0.15, 0.2) is 0 Å². The fraction of sp³-hybridized carbons (Fsp3) is 0.523. The smallest absolute Gasteiger partial charge is 0.264 e. The molecular formula is C44H57N5O4. The number of pyridine rings is 1. The van der Waals surface area contributed by atoms with Crippen LogP contribution >= 0.6 is 0 Å². The Morgan fingerprint density at radius 1 is 1.04 bits per heavy atom. The largest absolute Gasteiger partial charge is 0.496 e. The molecular weight excluding hydrogens is 663 g/mol. The average molecular weight is 720 g/mol. The molecule has 0 radical (unpaired) electrons. The lowest BCUT2D eigenvalue weighted by Gasteiger charge is -2.44. The first-order valence-electron chi connectivity index (χ1n) is 19.1. The molecule has 1 saturated carbocycles. The molecule has 53 heavy (non-hydrogen) atoms. The van der Waals surface area contributed by atoms with E-state index >= 15 is 0 Å². The number of aryl methyl sites for hydroxylation is 1. The highest BCUT2D eigenvalue weighted by Gasteiger charge is 2.51. The van der Waals surface area contributed by atoms with Crippen LogP contribution < -0.4 is 15.0 Å². The van der Waals surface area contributed by atoms with Crippen LogP contribution in [0.25, 0.3) is 11.1 Å². The maximum atomic E-state index is 13.8. The zero-order valence-electron chi connectivity index (χ0n) is 33.4. The maximum Gasteiger partial charge on any atom is 0.264 e. The lowest BCUT2D eigenvalue weighted by molar-refractivity contribution is -0.130. The van der Waals surface area contributed by atoms with Crippen LogP contribution in [0.15, 0.2) is 53.0 Å². The van der Waals surface area contributed by atoms with Crippen molar-refractivity contribution >= 4 is 5.91 Å². The average Bonchev–Trinajstić information content (AvgIpc) is 3.90. The van der Waals surface area contributed by atoms with E-state index in [2.05, 4.69) is 60.0 Å². The Balaban J connectivity index is 1.21. The minimum Gasteiger partial charge on any atom is -0.496 e. The second kappa shape index (κ2) is 14.8. The standard InChI is InChI=1S/C44H57N5O4/c1-28(2)40-35-13-11-12-31(34(35)14-17-49(40)42(51)33(23-45)22-43(5,6)7)24-47-18-19-48(44(27-47)15-16-44)26-37-38(52-9)20-32(21-39(37)53-10)36-25-46(8)41(50)30(4)29(36)3/h11-13,20-22,25,28,40H,14-19,24,26-27H2,1-10H3/b33-22+. The summed E-state index contributed by atoms with van der Waals surface area (Å²) in [6.45, 7) is 19.4. The first-order valence-corrected chi connectivity index (χ1v) is 19.1. The molecule has 3 aromatic rings. The van der Waals surface area contributed by atoms with Gasteiger partial charge in [-0.25, -0.2) is 0 Å². The molecule has 0 bridgehead atoms. The predicted molar refractivity (Wildman–Crippen MR) is 210 cm³/mol. The Labute approximate surface area is 315 Å². The molecule has 1 aliphatic carbocycles. The van der Waals surface area contributed by atoms with Gasteiger partial charge in [0.25, 0.3) is 11.5 Å². The van der Waals surface area contributed by atoms with E-state index in [1.807, 2.05) is 51.8 Å². The Bertz CT molecular complexity index is 2000. The molecule has 1 atom stereocenters. The van der Waals surface area contributed by atoms with E-state index in [9.17, 15) is 14.9 Å². The number of hydrogen-bond donors (Lipinski definition) is 0. The molecule has 1 amide bonds. The summed E-state index contributed by atoms with van der Waals surface area (Å²) in [5, 5.41) is 9.93. The van der Waals surface area contributed by atoms with Crippen LogP contribution in [-0.2, 0) is 31.4 Å². The highest BCUT2D eigenvalue weighted by Crippen LogP contribution is 2.47. The third-order valence-electron chi connectivity index (χ3n) is 11.7. The van der Waals surface area contributed by atoms with Crippen molar-refractivity contribution in [1.29, 1.82) is 5.26 Å². The Morgan fingerprint density at radius 2 is 1.72 bits per heavy atom. The highest BCUT2D eigenvalue weighted by atomic mass is 16.5. The van der Waals surface area contributed by atoms with Crippen LogP contribution in [0.4, 0.5) is 0 Å². The minimum absolute atomic E-state index is 0.0144. The number of piperazine rings is 1. The number of ether oxygens (including phenoxy) is 2. The number of amides is 1. The first-order chi connectivity index (χ1) is 25.1. The summed E-state index contributed by atoms with van der Waals surface area (Å²) < 4.78 is 13.7. The van der Waals surface area contributed by atoms with E-state index in [1.165, 1.54) is 16.7 Å². The molecule has 1 unspecified atom stereocenters. The lowest BCUT2D eigenvalue weighted by atomic mass is 9.83. The van der Waals surface area contributed by atoms with Gasteiger partial charge in [0.2, 0.25) is 0 Å². The van der Waals surface area contributed by atoms with Gasteiger partial charge < -0.3 is 18.9 Å². The Hall–Kier alpha value is -4.39. The molecule has 0 N–H and O–H groups in total. The van der Waals surface area contributed by atoms with E-state index in [0.717, 1.165) is 91.3 Å². The number of nitrogens with zero attached hydrogens (tertiary/aromatic N) is 5. The summed E-state index contributed by atoms with van der Waals surface area (Å²) in [7, 11) is 5.23. The van der Waals surface area contributed by atoms with Crippen molar-refractivity contribution in [3.8, 4) is 28.7 Å². The molecule has 1 aromatic heterocycles. The summed E-state index contributed by atoms with van der Waals surface area (Å²) in [5.74, 6) is 1.63. The predicted octanol–water partition coefficient (Wildman–Crippen LogP) is 7.11. The number of carbonyl (C=O) groups is 1. The minimum atomic E-state index is -0.259. The second-order valence-corrected chi connectivity index (χ2v) is 16.9. The number of allylic oxidation sites excluding steroid dienone is 1. The number of nitriles is 1. The summed E-state index contributed by atoms with van der Waals surface area (Å²) in [5.41, 5.74) is 8.74. The summed E-state index contributed by atoms with van der Waals surface area (Å²) in [6, 6.07) is 12.9. The maximum absolute atomic E-state index is 13.8. The number of methoxy groups -OCH3 is 2. The SMILES string of the molecule is COc1cc(-c2cn(C)c(=O)c(C)c2C)cc(OC)c1CN1CCN(Cc2cccc3c2CCN(C(=O)/C(C#N)=C/C(C)(C)C)C3C(C)C)CC12CC2. The number of benzene rings is 2. The van der Waals surface area contributed by atoms with E-state index in [1.54, 1.807) is 25.8 Å². The summed E-state index contributed by atoms with van der Waals surface area (Å²) in [6.07, 6.45) is 6.81. The fourth-order valence-electron chi connectivity index (χ4n) is 8.69. The van der Waals surface area contributed by atoms with E-state index < -0.39 is 0 Å². The molecule has 1 spiro atoms. The topological polar surface area (TPSA) is 91.0 Å². The molecule has 2 aromatic carbocycles. The van der Waals surface area contributed by atoms with Crippen LogP contribution in [0.3, 0.4) is 0 Å². The summed E-state index contributed by atoms with van der Waals surface area (Å²) in [4.78, 5) is 33.5.